The van der Waals surface area contributed by atoms with Gasteiger partial charge in [0.25, 0.3) is 0 Å². The van der Waals surface area contributed by atoms with E-state index in [2.05, 4.69) is 24.5 Å². The fourth-order valence-corrected chi connectivity index (χ4v) is 3.06. The number of hydrogen-bond acceptors (Lipinski definition) is 4. The Hall–Kier alpha value is -1.40. The minimum absolute atomic E-state index is 0.151. The lowest BCUT2D eigenvalue weighted by Crippen LogP contribution is -2.61. The topological polar surface area (TPSA) is 104 Å². The fourth-order valence-electron chi connectivity index (χ4n) is 3.06. The molecule has 0 radical (unpaired) electrons. The van der Waals surface area contributed by atoms with Gasteiger partial charge in [-0.1, -0.05) is 32.8 Å². The SMILES string of the molecule is CCCC(CCC)NC1C=C(C(=O)O)CC(N)C1NC(C)=O. The molecule has 0 bridgehead atoms. The van der Waals surface area contributed by atoms with Crippen molar-refractivity contribution in [3.63, 3.8) is 0 Å². The van der Waals surface area contributed by atoms with Crippen molar-refractivity contribution in [2.45, 2.75) is 77.0 Å². The molecule has 126 valence electrons. The van der Waals surface area contributed by atoms with Crippen LogP contribution >= 0.6 is 0 Å². The molecule has 3 atom stereocenters. The van der Waals surface area contributed by atoms with Crippen molar-refractivity contribution in [3.8, 4) is 0 Å². The lowest BCUT2D eigenvalue weighted by atomic mass is 9.86. The van der Waals surface area contributed by atoms with E-state index in [4.69, 9.17) is 5.73 Å². The molecule has 5 N–H and O–H groups in total. The molecule has 0 heterocycles. The standard InChI is InChI=1S/C16H29N3O3/c1-4-6-12(7-5-2)19-14-9-11(16(21)22)8-13(17)15(14)18-10(3)20/h9,12-15,19H,4-8,17H2,1-3H3,(H,18,20)(H,21,22). The molecule has 1 rings (SSSR count). The van der Waals surface area contributed by atoms with Crippen LogP contribution in [0.25, 0.3) is 0 Å². The average molecular weight is 311 g/mol. The maximum atomic E-state index is 11.4. The molecule has 22 heavy (non-hydrogen) atoms. The second-order valence-corrected chi connectivity index (χ2v) is 6.06. The highest BCUT2D eigenvalue weighted by molar-refractivity contribution is 5.87. The van der Waals surface area contributed by atoms with Crippen molar-refractivity contribution in [2.24, 2.45) is 5.73 Å². The Morgan fingerprint density at radius 2 is 1.95 bits per heavy atom. The lowest BCUT2D eigenvalue weighted by molar-refractivity contribution is -0.133. The molecule has 1 aliphatic rings. The number of carboxylic acid groups (broad SMARTS) is 1. The van der Waals surface area contributed by atoms with Crippen LogP contribution in [0.15, 0.2) is 11.6 Å². The number of hydrogen-bond donors (Lipinski definition) is 4. The van der Waals surface area contributed by atoms with Gasteiger partial charge in [0.1, 0.15) is 0 Å². The van der Waals surface area contributed by atoms with Crippen LogP contribution in [0, 0.1) is 0 Å². The van der Waals surface area contributed by atoms with Gasteiger partial charge < -0.3 is 21.5 Å². The molecule has 0 fully saturated rings. The first kappa shape index (κ1) is 18.6. The van der Waals surface area contributed by atoms with Crippen molar-refractivity contribution >= 4 is 11.9 Å². The van der Waals surface area contributed by atoms with Crippen molar-refractivity contribution in [1.82, 2.24) is 10.6 Å². The van der Waals surface area contributed by atoms with E-state index in [0.29, 0.717) is 11.6 Å². The van der Waals surface area contributed by atoms with Crippen LogP contribution in [0.2, 0.25) is 0 Å². The number of aliphatic carboxylic acids is 1. The van der Waals surface area contributed by atoms with Gasteiger partial charge in [-0.3, -0.25) is 4.79 Å². The van der Waals surface area contributed by atoms with E-state index >= 15 is 0 Å². The van der Waals surface area contributed by atoms with Gasteiger partial charge in [-0.25, -0.2) is 4.79 Å². The Kier molecular flexibility index (Phi) is 7.55. The Morgan fingerprint density at radius 1 is 1.36 bits per heavy atom. The zero-order valence-corrected chi connectivity index (χ0v) is 13.8. The Balaban J connectivity index is 2.95. The first-order valence-electron chi connectivity index (χ1n) is 8.11. The minimum Gasteiger partial charge on any atom is -0.478 e. The molecule has 6 heteroatoms. The third kappa shape index (κ3) is 5.42. The van der Waals surface area contributed by atoms with Crippen LogP contribution in [0.5, 0.6) is 0 Å². The maximum absolute atomic E-state index is 11.4. The molecule has 0 aliphatic heterocycles. The summed E-state index contributed by atoms with van der Waals surface area (Å²) in [6.45, 7) is 5.71. The van der Waals surface area contributed by atoms with Crippen LogP contribution in [0.4, 0.5) is 0 Å². The Morgan fingerprint density at radius 3 is 2.41 bits per heavy atom. The summed E-state index contributed by atoms with van der Waals surface area (Å²) in [5, 5.41) is 15.6. The number of carboxylic acids is 1. The molecule has 3 unspecified atom stereocenters. The van der Waals surface area contributed by atoms with Gasteiger partial charge in [0.05, 0.1) is 6.04 Å². The van der Waals surface area contributed by atoms with E-state index < -0.39 is 12.0 Å². The minimum atomic E-state index is -0.939. The average Bonchev–Trinajstić information content (AvgIpc) is 2.42. The van der Waals surface area contributed by atoms with E-state index in [1.54, 1.807) is 6.08 Å². The third-order valence-corrected chi connectivity index (χ3v) is 4.03. The highest BCUT2D eigenvalue weighted by atomic mass is 16.4. The highest BCUT2D eigenvalue weighted by Crippen LogP contribution is 2.20. The number of rotatable bonds is 8. The molecule has 0 aromatic carbocycles. The van der Waals surface area contributed by atoms with Gasteiger partial charge >= 0.3 is 5.97 Å². The molecule has 1 amide bonds. The summed E-state index contributed by atoms with van der Waals surface area (Å²) in [6.07, 6.45) is 6.12. The maximum Gasteiger partial charge on any atom is 0.331 e. The molecule has 1 aliphatic carbocycles. The predicted octanol–water partition coefficient (Wildman–Crippen LogP) is 1.16. The van der Waals surface area contributed by atoms with Crippen LogP contribution in [-0.4, -0.2) is 41.2 Å². The van der Waals surface area contributed by atoms with Gasteiger partial charge in [-0.15, -0.1) is 0 Å². The lowest BCUT2D eigenvalue weighted by Gasteiger charge is -2.37. The molecule has 0 spiro atoms. The van der Waals surface area contributed by atoms with Gasteiger partial charge in [0.2, 0.25) is 5.91 Å². The summed E-state index contributed by atoms with van der Waals surface area (Å²) < 4.78 is 0. The van der Waals surface area contributed by atoms with Crippen molar-refractivity contribution < 1.29 is 14.7 Å². The van der Waals surface area contributed by atoms with Crippen molar-refractivity contribution in [2.75, 3.05) is 0 Å². The van der Waals surface area contributed by atoms with E-state index in [1.807, 2.05) is 0 Å². The van der Waals surface area contributed by atoms with E-state index in [9.17, 15) is 14.7 Å². The fraction of sp³-hybridized carbons (Fsp3) is 0.750. The van der Waals surface area contributed by atoms with Crippen LogP contribution in [-0.2, 0) is 9.59 Å². The van der Waals surface area contributed by atoms with Gasteiger partial charge in [0, 0.05) is 30.6 Å². The number of carbonyl (C=O) groups excluding carboxylic acids is 1. The second kappa shape index (κ2) is 8.90. The molecular formula is C16H29N3O3. The summed E-state index contributed by atoms with van der Waals surface area (Å²) in [4.78, 5) is 22.7. The quantitative estimate of drug-likeness (QED) is 0.538. The molecule has 0 aromatic rings. The van der Waals surface area contributed by atoms with E-state index in [-0.39, 0.29) is 24.4 Å². The van der Waals surface area contributed by atoms with E-state index in [0.717, 1.165) is 25.7 Å². The van der Waals surface area contributed by atoms with E-state index in [1.165, 1.54) is 6.92 Å². The van der Waals surface area contributed by atoms with Crippen LogP contribution < -0.4 is 16.4 Å². The van der Waals surface area contributed by atoms with Crippen LogP contribution in [0.1, 0.15) is 52.9 Å². The normalized spacial score (nSPS) is 25.0. The first-order valence-corrected chi connectivity index (χ1v) is 8.11. The summed E-state index contributed by atoms with van der Waals surface area (Å²) in [7, 11) is 0. The van der Waals surface area contributed by atoms with Gasteiger partial charge in [-0.2, -0.15) is 0 Å². The van der Waals surface area contributed by atoms with Crippen LogP contribution in [0.3, 0.4) is 0 Å². The summed E-state index contributed by atoms with van der Waals surface area (Å²) in [5.41, 5.74) is 6.43. The van der Waals surface area contributed by atoms with Gasteiger partial charge in [-0.05, 0) is 19.3 Å². The van der Waals surface area contributed by atoms with Crippen molar-refractivity contribution in [3.05, 3.63) is 11.6 Å². The number of nitrogens with one attached hydrogen (secondary N) is 2. The van der Waals surface area contributed by atoms with Gasteiger partial charge in [0.15, 0.2) is 0 Å². The number of carbonyl (C=O) groups is 2. The molecule has 0 saturated heterocycles. The highest BCUT2D eigenvalue weighted by Gasteiger charge is 2.34. The summed E-state index contributed by atoms with van der Waals surface area (Å²) in [6, 6.07) is -0.632. The Bertz CT molecular complexity index is 417. The smallest absolute Gasteiger partial charge is 0.331 e. The largest absolute Gasteiger partial charge is 0.478 e. The summed E-state index contributed by atoms with van der Waals surface area (Å²) in [5.74, 6) is -1.09. The molecule has 0 aromatic heterocycles. The molecule has 0 saturated carbocycles. The van der Waals surface area contributed by atoms with Crippen molar-refractivity contribution in [1.29, 1.82) is 0 Å². The monoisotopic (exact) mass is 311 g/mol. The molecular weight excluding hydrogens is 282 g/mol. The second-order valence-electron chi connectivity index (χ2n) is 6.06. The number of amides is 1. The first-order chi connectivity index (χ1) is 10.4. The molecule has 6 nitrogen and oxygen atoms in total. The third-order valence-electron chi connectivity index (χ3n) is 4.03. The zero-order chi connectivity index (χ0) is 16.7. The zero-order valence-electron chi connectivity index (χ0n) is 13.8. The summed E-state index contributed by atoms with van der Waals surface area (Å²) >= 11 is 0. The number of nitrogens with two attached hydrogens (primary N) is 1. The predicted molar refractivity (Wildman–Crippen MR) is 86.4 cm³/mol. The Labute approximate surface area is 132 Å².